The molecule has 1 aliphatic carbocycles. The lowest BCUT2D eigenvalue weighted by atomic mass is 10.0. The Morgan fingerprint density at radius 1 is 1.36 bits per heavy atom. The lowest BCUT2D eigenvalue weighted by molar-refractivity contribution is 0.129. The Balaban J connectivity index is 0.00000312. The average molecular weight is 480 g/mol. The molecule has 4 nitrogen and oxygen atoms in total. The van der Waals surface area contributed by atoms with E-state index in [1.54, 1.807) is 0 Å². The van der Waals surface area contributed by atoms with Gasteiger partial charge in [0.1, 0.15) is 0 Å². The van der Waals surface area contributed by atoms with E-state index in [0.29, 0.717) is 5.41 Å². The molecule has 0 saturated heterocycles. The maximum absolute atomic E-state index is 6.08. The Morgan fingerprint density at radius 3 is 2.72 bits per heavy atom. The molecule has 0 radical (unpaired) electrons. The van der Waals surface area contributed by atoms with E-state index in [1.165, 1.54) is 18.4 Å². The van der Waals surface area contributed by atoms with Crippen LogP contribution in [-0.2, 0) is 11.3 Å². The number of ether oxygens (including phenoxy) is 1. The van der Waals surface area contributed by atoms with Crippen molar-refractivity contribution in [3.05, 3.63) is 34.9 Å². The molecule has 25 heavy (non-hydrogen) atoms. The van der Waals surface area contributed by atoms with Crippen molar-refractivity contribution in [3.8, 4) is 0 Å². The number of guanidine groups is 1. The highest BCUT2D eigenvalue weighted by Gasteiger charge is 2.42. The summed E-state index contributed by atoms with van der Waals surface area (Å²) in [6.45, 7) is 8.33. The zero-order valence-electron chi connectivity index (χ0n) is 15.6. The summed E-state index contributed by atoms with van der Waals surface area (Å²) in [5.74, 6) is 0.958. The molecule has 1 aromatic rings. The van der Waals surface area contributed by atoms with Gasteiger partial charge in [0.05, 0.1) is 0 Å². The molecule has 0 spiro atoms. The third-order valence-electron chi connectivity index (χ3n) is 4.51. The minimum Gasteiger partial charge on any atom is -0.382 e. The molecule has 0 amide bonds. The topological polar surface area (TPSA) is 36.9 Å². The van der Waals surface area contributed by atoms with Crippen LogP contribution in [0.2, 0.25) is 5.02 Å². The van der Waals surface area contributed by atoms with Crippen molar-refractivity contribution >= 4 is 41.5 Å². The molecule has 0 aliphatic heterocycles. The summed E-state index contributed by atoms with van der Waals surface area (Å²) >= 11 is 6.08. The summed E-state index contributed by atoms with van der Waals surface area (Å²) in [6, 6.07) is 7.99. The Hall–Kier alpha value is -0.530. The van der Waals surface area contributed by atoms with E-state index in [4.69, 9.17) is 21.3 Å². The first-order valence-corrected chi connectivity index (χ1v) is 9.28. The number of aliphatic imine (C=N–C) groups is 1. The van der Waals surface area contributed by atoms with Gasteiger partial charge in [-0.1, -0.05) is 23.7 Å². The molecular weight excluding hydrogens is 449 g/mol. The Labute approximate surface area is 174 Å². The van der Waals surface area contributed by atoms with Crippen LogP contribution in [0.25, 0.3) is 0 Å². The van der Waals surface area contributed by atoms with Gasteiger partial charge in [0.25, 0.3) is 0 Å². The van der Waals surface area contributed by atoms with E-state index in [2.05, 4.69) is 30.3 Å². The largest absolute Gasteiger partial charge is 0.382 e. The third kappa shape index (κ3) is 7.71. The first kappa shape index (κ1) is 22.5. The summed E-state index contributed by atoms with van der Waals surface area (Å²) in [5, 5.41) is 4.17. The molecule has 1 aromatic carbocycles. The van der Waals surface area contributed by atoms with Gasteiger partial charge in [0.2, 0.25) is 0 Å². The van der Waals surface area contributed by atoms with Gasteiger partial charge in [0, 0.05) is 44.9 Å². The van der Waals surface area contributed by atoms with Crippen LogP contribution < -0.4 is 5.32 Å². The number of hydrogen-bond acceptors (Lipinski definition) is 2. The van der Waals surface area contributed by atoms with Gasteiger partial charge in [-0.05, 0) is 56.2 Å². The van der Waals surface area contributed by atoms with Crippen LogP contribution in [0, 0.1) is 5.41 Å². The van der Waals surface area contributed by atoms with Crippen molar-refractivity contribution in [3.63, 3.8) is 0 Å². The number of nitrogens with zero attached hydrogens (tertiary/aromatic N) is 2. The maximum Gasteiger partial charge on any atom is 0.193 e. The Kier molecular flexibility index (Phi) is 10.1. The highest BCUT2D eigenvalue weighted by Crippen LogP contribution is 2.49. The second-order valence-electron chi connectivity index (χ2n) is 6.60. The normalized spacial score (nSPS) is 15.4. The monoisotopic (exact) mass is 479 g/mol. The van der Waals surface area contributed by atoms with Crippen LogP contribution in [0.5, 0.6) is 0 Å². The third-order valence-corrected chi connectivity index (χ3v) is 4.74. The van der Waals surface area contributed by atoms with Gasteiger partial charge >= 0.3 is 0 Å². The van der Waals surface area contributed by atoms with Crippen LogP contribution in [-0.4, -0.2) is 44.2 Å². The van der Waals surface area contributed by atoms with Gasteiger partial charge in [-0.15, -0.1) is 24.0 Å². The lowest BCUT2D eigenvalue weighted by Crippen LogP contribution is -2.39. The van der Waals surface area contributed by atoms with E-state index in [1.807, 2.05) is 25.1 Å². The molecule has 142 valence electrons. The second kappa shape index (κ2) is 11.2. The quantitative estimate of drug-likeness (QED) is 0.244. The van der Waals surface area contributed by atoms with Crippen LogP contribution in [0.15, 0.2) is 29.3 Å². The number of hydrogen-bond donors (Lipinski definition) is 1. The molecule has 0 bridgehead atoms. The van der Waals surface area contributed by atoms with E-state index in [0.717, 1.165) is 50.3 Å². The SMILES string of the molecule is CCNC(=NCC1(CCOCC)CC1)N(C)Cc1cccc(Cl)c1.I. The molecule has 0 heterocycles. The average Bonchev–Trinajstić information content (AvgIpc) is 3.32. The standard InChI is InChI=1S/C19H30ClN3O.HI/c1-4-21-18(22-15-19(9-10-19)11-12-24-5-2)23(3)14-16-7-6-8-17(20)13-16;/h6-8,13H,4-5,9-12,14-15H2,1-3H3,(H,21,22);1H. The second-order valence-corrected chi connectivity index (χ2v) is 7.04. The predicted octanol–water partition coefficient (Wildman–Crippen LogP) is 4.56. The van der Waals surface area contributed by atoms with Crippen molar-refractivity contribution < 1.29 is 4.74 Å². The predicted molar refractivity (Wildman–Crippen MR) is 117 cm³/mol. The molecule has 1 fully saturated rings. The fraction of sp³-hybridized carbons (Fsp3) is 0.632. The molecule has 0 aromatic heterocycles. The molecule has 0 unspecified atom stereocenters. The van der Waals surface area contributed by atoms with Gasteiger partial charge in [-0.25, -0.2) is 0 Å². The summed E-state index contributed by atoms with van der Waals surface area (Å²) in [5.41, 5.74) is 1.56. The van der Waals surface area contributed by atoms with Crippen LogP contribution in [0.3, 0.4) is 0 Å². The number of nitrogens with one attached hydrogen (secondary N) is 1. The molecule has 1 saturated carbocycles. The Bertz CT molecular complexity index is 549. The summed E-state index contributed by atoms with van der Waals surface area (Å²) in [4.78, 5) is 7.05. The number of halogens is 2. The van der Waals surface area contributed by atoms with Crippen molar-refractivity contribution in [1.29, 1.82) is 0 Å². The van der Waals surface area contributed by atoms with Crippen molar-refractivity contribution in [2.75, 3.05) is 33.4 Å². The minimum absolute atomic E-state index is 0. The highest BCUT2D eigenvalue weighted by atomic mass is 127. The first-order chi connectivity index (χ1) is 11.6. The fourth-order valence-corrected chi connectivity index (χ4v) is 3.01. The fourth-order valence-electron chi connectivity index (χ4n) is 2.79. The van der Waals surface area contributed by atoms with Crippen LogP contribution in [0.1, 0.15) is 38.7 Å². The lowest BCUT2D eigenvalue weighted by Gasteiger charge is -2.23. The molecule has 0 atom stereocenters. The van der Waals surface area contributed by atoms with Gasteiger partial charge < -0.3 is 15.0 Å². The zero-order valence-corrected chi connectivity index (χ0v) is 18.6. The zero-order chi connectivity index (χ0) is 17.4. The smallest absolute Gasteiger partial charge is 0.193 e. The van der Waals surface area contributed by atoms with Gasteiger partial charge in [-0.2, -0.15) is 0 Å². The van der Waals surface area contributed by atoms with Gasteiger partial charge in [0.15, 0.2) is 5.96 Å². The van der Waals surface area contributed by atoms with E-state index >= 15 is 0 Å². The van der Waals surface area contributed by atoms with Crippen molar-refractivity contribution in [2.45, 2.75) is 39.7 Å². The van der Waals surface area contributed by atoms with Crippen LogP contribution >= 0.6 is 35.6 Å². The van der Waals surface area contributed by atoms with E-state index < -0.39 is 0 Å². The minimum atomic E-state index is 0. The van der Waals surface area contributed by atoms with E-state index in [-0.39, 0.29) is 24.0 Å². The molecular formula is C19H31ClIN3O. The maximum atomic E-state index is 6.08. The van der Waals surface area contributed by atoms with Crippen LogP contribution in [0.4, 0.5) is 0 Å². The molecule has 6 heteroatoms. The summed E-state index contributed by atoms with van der Waals surface area (Å²) < 4.78 is 5.51. The van der Waals surface area contributed by atoms with Crippen molar-refractivity contribution in [1.82, 2.24) is 10.2 Å². The summed E-state index contributed by atoms with van der Waals surface area (Å²) in [6.07, 6.45) is 3.64. The molecule has 1 N–H and O–H groups in total. The highest BCUT2D eigenvalue weighted by molar-refractivity contribution is 14.0. The number of rotatable bonds is 9. The van der Waals surface area contributed by atoms with E-state index in [9.17, 15) is 0 Å². The summed E-state index contributed by atoms with van der Waals surface area (Å²) in [7, 11) is 2.07. The van der Waals surface area contributed by atoms with Crippen molar-refractivity contribution in [2.24, 2.45) is 10.4 Å². The first-order valence-electron chi connectivity index (χ1n) is 8.90. The Morgan fingerprint density at radius 2 is 2.12 bits per heavy atom. The number of benzene rings is 1. The molecule has 2 rings (SSSR count). The molecule has 1 aliphatic rings. The van der Waals surface area contributed by atoms with Gasteiger partial charge in [-0.3, -0.25) is 4.99 Å².